The zero-order chi connectivity index (χ0) is 9.02. The zero-order valence-electron chi connectivity index (χ0n) is 6.94. The van der Waals surface area contributed by atoms with Crippen molar-refractivity contribution in [2.75, 3.05) is 0 Å². The normalized spacial score (nSPS) is 22.4. The number of hydrogen-bond donors (Lipinski definition) is 4. The molecule has 0 heterocycles. The van der Waals surface area contributed by atoms with Gasteiger partial charge in [-0.2, -0.15) is 0 Å². The summed E-state index contributed by atoms with van der Waals surface area (Å²) in [5, 5.41) is 27.0. The van der Waals surface area contributed by atoms with E-state index in [1.165, 1.54) is 0 Å². The highest BCUT2D eigenvalue weighted by Crippen LogP contribution is 2.14. The summed E-state index contributed by atoms with van der Waals surface area (Å²) in [6.45, 7) is 3.14. The fourth-order valence-electron chi connectivity index (χ4n) is 1.08. The van der Waals surface area contributed by atoms with Crippen LogP contribution in [0.3, 0.4) is 0 Å². The number of aliphatic hydroxyl groups excluding tert-OH is 3. The molecule has 4 nitrogen and oxygen atoms in total. The standard InChI is InChI=1S/C7H17NO3/c1-4(9)6(5(2)10)3-7(8)11/h4-7,9-11H,3,8H2,1-2H3. The van der Waals surface area contributed by atoms with E-state index in [-0.39, 0.29) is 12.3 Å². The number of hydrogen-bond acceptors (Lipinski definition) is 4. The molecule has 0 aromatic rings. The van der Waals surface area contributed by atoms with Gasteiger partial charge in [0.05, 0.1) is 12.2 Å². The number of rotatable bonds is 4. The molecule has 0 rings (SSSR count). The first kappa shape index (κ1) is 10.8. The molecule has 0 aliphatic rings. The fraction of sp³-hybridized carbons (Fsp3) is 1.00. The second kappa shape index (κ2) is 4.66. The zero-order valence-corrected chi connectivity index (χ0v) is 6.94. The first-order valence-corrected chi connectivity index (χ1v) is 3.75. The minimum absolute atomic E-state index is 0.218. The molecule has 3 unspecified atom stereocenters. The first-order chi connectivity index (χ1) is 4.95. The second-order valence-corrected chi connectivity index (χ2v) is 2.95. The highest BCUT2D eigenvalue weighted by Gasteiger charge is 2.22. The van der Waals surface area contributed by atoms with Crippen LogP contribution in [0.4, 0.5) is 0 Å². The van der Waals surface area contributed by atoms with Crippen molar-refractivity contribution in [1.82, 2.24) is 0 Å². The van der Waals surface area contributed by atoms with Crippen LogP contribution in [0.5, 0.6) is 0 Å². The van der Waals surface area contributed by atoms with Crippen LogP contribution in [0.2, 0.25) is 0 Å². The Morgan fingerprint density at radius 1 is 1.09 bits per heavy atom. The lowest BCUT2D eigenvalue weighted by Gasteiger charge is -2.23. The Bertz CT molecular complexity index is 95.9. The lowest BCUT2D eigenvalue weighted by molar-refractivity contribution is 0.00215. The van der Waals surface area contributed by atoms with Crippen LogP contribution in [-0.2, 0) is 0 Å². The predicted octanol–water partition coefficient (Wildman–Crippen LogP) is -0.969. The number of aliphatic hydroxyl groups is 3. The molecule has 5 N–H and O–H groups in total. The van der Waals surface area contributed by atoms with Crippen molar-refractivity contribution in [2.45, 2.75) is 38.7 Å². The van der Waals surface area contributed by atoms with Gasteiger partial charge in [-0.3, -0.25) is 0 Å². The minimum Gasteiger partial charge on any atom is -0.393 e. The Morgan fingerprint density at radius 2 is 1.45 bits per heavy atom. The van der Waals surface area contributed by atoms with Gasteiger partial charge in [0.1, 0.15) is 6.23 Å². The molecule has 0 aliphatic heterocycles. The molecular formula is C7H17NO3. The second-order valence-electron chi connectivity index (χ2n) is 2.95. The van der Waals surface area contributed by atoms with Crippen molar-refractivity contribution in [2.24, 2.45) is 11.7 Å². The molecule has 0 amide bonds. The average molecular weight is 163 g/mol. The van der Waals surface area contributed by atoms with Crippen LogP contribution in [0.1, 0.15) is 20.3 Å². The molecule has 0 bridgehead atoms. The Balaban J connectivity index is 3.90. The first-order valence-electron chi connectivity index (χ1n) is 3.75. The van der Waals surface area contributed by atoms with Crippen molar-refractivity contribution in [1.29, 1.82) is 0 Å². The average Bonchev–Trinajstić information content (AvgIpc) is 1.81. The van der Waals surface area contributed by atoms with E-state index in [1.54, 1.807) is 13.8 Å². The molecule has 68 valence electrons. The van der Waals surface area contributed by atoms with Crippen LogP contribution in [-0.4, -0.2) is 33.8 Å². The highest BCUT2D eigenvalue weighted by atomic mass is 16.3. The molecule has 0 spiro atoms. The van der Waals surface area contributed by atoms with Gasteiger partial charge in [0.25, 0.3) is 0 Å². The molecule has 0 aromatic heterocycles. The smallest absolute Gasteiger partial charge is 0.102 e. The molecule has 3 atom stereocenters. The molecule has 4 heteroatoms. The van der Waals surface area contributed by atoms with Crippen LogP contribution in [0.25, 0.3) is 0 Å². The van der Waals surface area contributed by atoms with Crippen molar-refractivity contribution < 1.29 is 15.3 Å². The molecule has 0 fully saturated rings. The maximum Gasteiger partial charge on any atom is 0.102 e. The third-order valence-corrected chi connectivity index (χ3v) is 1.75. The largest absolute Gasteiger partial charge is 0.393 e. The van der Waals surface area contributed by atoms with Gasteiger partial charge in [-0.25, -0.2) is 0 Å². The highest BCUT2D eigenvalue weighted by molar-refractivity contribution is 4.71. The maximum absolute atomic E-state index is 9.10. The van der Waals surface area contributed by atoms with Crippen LogP contribution >= 0.6 is 0 Å². The Morgan fingerprint density at radius 3 is 1.55 bits per heavy atom. The minimum atomic E-state index is -0.968. The van der Waals surface area contributed by atoms with Gasteiger partial charge in [-0.15, -0.1) is 0 Å². The van der Waals surface area contributed by atoms with E-state index in [0.717, 1.165) is 0 Å². The summed E-state index contributed by atoms with van der Waals surface area (Å²) in [5.74, 6) is -0.352. The van der Waals surface area contributed by atoms with Crippen molar-refractivity contribution in [3.63, 3.8) is 0 Å². The van der Waals surface area contributed by atoms with Gasteiger partial charge in [-0.1, -0.05) is 0 Å². The van der Waals surface area contributed by atoms with E-state index in [9.17, 15) is 0 Å². The van der Waals surface area contributed by atoms with Gasteiger partial charge < -0.3 is 21.1 Å². The summed E-state index contributed by atoms with van der Waals surface area (Å²) in [6, 6.07) is 0. The third kappa shape index (κ3) is 4.31. The lowest BCUT2D eigenvalue weighted by atomic mass is 9.94. The Kier molecular flexibility index (Phi) is 4.60. The molecular weight excluding hydrogens is 146 g/mol. The maximum atomic E-state index is 9.10. The fourth-order valence-corrected chi connectivity index (χ4v) is 1.08. The summed E-state index contributed by atoms with van der Waals surface area (Å²) in [7, 11) is 0. The molecule has 0 saturated carbocycles. The lowest BCUT2D eigenvalue weighted by Crippen LogP contribution is -2.34. The van der Waals surface area contributed by atoms with Crippen molar-refractivity contribution in [3.8, 4) is 0 Å². The molecule has 0 saturated heterocycles. The Hall–Kier alpha value is -0.160. The summed E-state index contributed by atoms with van der Waals surface area (Å²) >= 11 is 0. The van der Waals surface area contributed by atoms with E-state index < -0.39 is 18.4 Å². The molecule has 0 aliphatic carbocycles. The third-order valence-electron chi connectivity index (χ3n) is 1.75. The SMILES string of the molecule is CC(O)C(CC(N)O)C(C)O. The van der Waals surface area contributed by atoms with E-state index in [2.05, 4.69) is 0 Å². The summed E-state index contributed by atoms with van der Waals surface area (Å²) in [6.07, 6.45) is -2.04. The van der Waals surface area contributed by atoms with E-state index >= 15 is 0 Å². The van der Waals surface area contributed by atoms with E-state index in [4.69, 9.17) is 21.1 Å². The van der Waals surface area contributed by atoms with Gasteiger partial charge in [0, 0.05) is 5.92 Å². The number of nitrogens with two attached hydrogens (primary N) is 1. The van der Waals surface area contributed by atoms with Crippen molar-refractivity contribution >= 4 is 0 Å². The van der Waals surface area contributed by atoms with Crippen LogP contribution in [0.15, 0.2) is 0 Å². The summed E-state index contributed by atoms with van der Waals surface area (Å²) < 4.78 is 0. The monoisotopic (exact) mass is 163 g/mol. The topological polar surface area (TPSA) is 86.7 Å². The predicted molar refractivity (Wildman–Crippen MR) is 41.7 cm³/mol. The van der Waals surface area contributed by atoms with Crippen LogP contribution < -0.4 is 5.73 Å². The molecule has 0 aromatic carbocycles. The van der Waals surface area contributed by atoms with Crippen LogP contribution in [0, 0.1) is 5.92 Å². The van der Waals surface area contributed by atoms with E-state index in [0.29, 0.717) is 0 Å². The summed E-state index contributed by atoms with van der Waals surface area (Å²) in [4.78, 5) is 0. The quantitative estimate of drug-likeness (QED) is 0.402. The van der Waals surface area contributed by atoms with Gasteiger partial charge in [-0.05, 0) is 20.3 Å². The molecule has 11 heavy (non-hydrogen) atoms. The molecule has 0 radical (unpaired) electrons. The van der Waals surface area contributed by atoms with Gasteiger partial charge in [0.15, 0.2) is 0 Å². The van der Waals surface area contributed by atoms with Gasteiger partial charge in [0.2, 0.25) is 0 Å². The van der Waals surface area contributed by atoms with Gasteiger partial charge >= 0.3 is 0 Å². The summed E-state index contributed by atoms with van der Waals surface area (Å²) in [5.41, 5.74) is 5.10. The Labute approximate surface area is 66.7 Å². The van der Waals surface area contributed by atoms with Crippen molar-refractivity contribution in [3.05, 3.63) is 0 Å². The van der Waals surface area contributed by atoms with E-state index in [1.807, 2.05) is 0 Å².